The van der Waals surface area contributed by atoms with E-state index in [1.807, 2.05) is 43.5 Å². The van der Waals surface area contributed by atoms with Gasteiger partial charge in [-0.15, -0.1) is 0 Å². The molecule has 0 spiro atoms. The van der Waals surface area contributed by atoms with Crippen molar-refractivity contribution in [3.63, 3.8) is 0 Å². The van der Waals surface area contributed by atoms with Gasteiger partial charge in [0.2, 0.25) is 15.9 Å². The predicted octanol–water partition coefficient (Wildman–Crippen LogP) is 2.65. The number of anilines is 1. The molecule has 7 nitrogen and oxygen atoms in total. The number of nitrogens with one attached hydrogen (secondary N) is 1. The summed E-state index contributed by atoms with van der Waals surface area (Å²) < 4.78 is 27.8. The van der Waals surface area contributed by atoms with Crippen LogP contribution in [0.5, 0.6) is 0 Å². The molecule has 1 amide bonds. The maximum atomic E-state index is 12.5. The molecule has 146 valence electrons. The normalized spacial score (nSPS) is 16.3. The van der Waals surface area contributed by atoms with E-state index in [1.165, 1.54) is 4.31 Å². The van der Waals surface area contributed by atoms with Gasteiger partial charge < -0.3 is 5.32 Å². The molecule has 0 saturated carbocycles. The zero-order valence-corrected chi connectivity index (χ0v) is 16.4. The fourth-order valence-electron chi connectivity index (χ4n) is 3.22. The second-order valence-corrected chi connectivity index (χ2v) is 8.92. The third-order valence-electron chi connectivity index (χ3n) is 4.88. The number of piperidine rings is 1. The number of hydrogen-bond donors (Lipinski definition) is 1. The van der Waals surface area contributed by atoms with E-state index in [4.69, 9.17) is 0 Å². The van der Waals surface area contributed by atoms with Gasteiger partial charge >= 0.3 is 0 Å². The third-order valence-corrected chi connectivity index (χ3v) is 6.83. The van der Waals surface area contributed by atoms with Crippen molar-refractivity contribution in [2.75, 3.05) is 24.2 Å². The molecule has 0 aliphatic carbocycles. The van der Waals surface area contributed by atoms with Crippen molar-refractivity contribution in [1.82, 2.24) is 14.1 Å². The van der Waals surface area contributed by atoms with Crippen molar-refractivity contribution in [1.29, 1.82) is 0 Å². The summed E-state index contributed by atoms with van der Waals surface area (Å²) in [6.07, 6.45) is 6.22. The van der Waals surface area contributed by atoms with Gasteiger partial charge in [-0.2, -0.15) is 5.10 Å². The fourth-order valence-corrected chi connectivity index (χ4v) is 4.89. The molecular formula is C19H26N4O3S. The lowest BCUT2D eigenvalue weighted by Crippen LogP contribution is -2.42. The van der Waals surface area contributed by atoms with Crippen molar-refractivity contribution >= 4 is 21.6 Å². The SMILES string of the molecule is CCCCS(=O)(=O)N1CCC(C(=O)Nc2ccc(-n3cccn3)cc2)CC1. The molecule has 1 fully saturated rings. The van der Waals surface area contributed by atoms with Gasteiger partial charge in [0.1, 0.15) is 0 Å². The van der Waals surface area contributed by atoms with Crippen LogP contribution in [0.3, 0.4) is 0 Å². The number of amides is 1. The number of nitrogens with zero attached hydrogens (tertiary/aromatic N) is 3. The van der Waals surface area contributed by atoms with E-state index < -0.39 is 10.0 Å². The van der Waals surface area contributed by atoms with E-state index in [-0.39, 0.29) is 17.6 Å². The number of benzene rings is 1. The molecule has 27 heavy (non-hydrogen) atoms. The summed E-state index contributed by atoms with van der Waals surface area (Å²) in [5.74, 6) is -0.0102. The van der Waals surface area contributed by atoms with E-state index in [0.717, 1.165) is 17.8 Å². The van der Waals surface area contributed by atoms with E-state index in [9.17, 15) is 13.2 Å². The topological polar surface area (TPSA) is 84.3 Å². The van der Waals surface area contributed by atoms with Crippen LogP contribution in [0.2, 0.25) is 0 Å². The van der Waals surface area contributed by atoms with E-state index in [2.05, 4.69) is 10.4 Å². The fraction of sp³-hybridized carbons (Fsp3) is 0.474. The number of carbonyl (C=O) groups is 1. The maximum absolute atomic E-state index is 12.5. The van der Waals surface area contributed by atoms with Crippen molar-refractivity contribution in [2.24, 2.45) is 5.92 Å². The minimum absolute atomic E-state index is 0.0487. The van der Waals surface area contributed by atoms with Crippen molar-refractivity contribution in [2.45, 2.75) is 32.6 Å². The summed E-state index contributed by atoms with van der Waals surface area (Å²) in [6.45, 7) is 2.82. The van der Waals surface area contributed by atoms with Crippen LogP contribution in [-0.2, 0) is 14.8 Å². The molecule has 0 bridgehead atoms. The van der Waals surface area contributed by atoms with E-state index in [1.54, 1.807) is 10.9 Å². The minimum Gasteiger partial charge on any atom is -0.326 e. The molecule has 0 unspecified atom stereocenters. The Morgan fingerprint density at radius 3 is 2.52 bits per heavy atom. The number of hydrogen-bond acceptors (Lipinski definition) is 4. The first-order chi connectivity index (χ1) is 13.0. The number of carbonyl (C=O) groups excluding carboxylic acids is 1. The largest absolute Gasteiger partial charge is 0.326 e. The van der Waals surface area contributed by atoms with Crippen molar-refractivity contribution < 1.29 is 13.2 Å². The Balaban J connectivity index is 1.52. The highest BCUT2D eigenvalue weighted by atomic mass is 32.2. The van der Waals surface area contributed by atoms with Crippen LogP contribution in [0.1, 0.15) is 32.6 Å². The van der Waals surface area contributed by atoms with Gasteiger partial charge in [-0.25, -0.2) is 17.4 Å². The monoisotopic (exact) mass is 390 g/mol. The summed E-state index contributed by atoms with van der Waals surface area (Å²) in [5.41, 5.74) is 1.65. The molecule has 1 N–H and O–H groups in total. The van der Waals surface area contributed by atoms with Crippen LogP contribution in [0, 0.1) is 5.92 Å². The van der Waals surface area contributed by atoms with Crippen LogP contribution < -0.4 is 5.32 Å². The third kappa shape index (κ3) is 4.95. The summed E-state index contributed by atoms with van der Waals surface area (Å²) >= 11 is 0. The van der Waals surface area contributed by atoms with Crippen molar-refractivity contribution in [3.05, 3.63) is 42.7 Å². The Kier molecular flexibility index (Phi) is 6.28. The van der Waals surface area contributed by atoms with Gasteiger partial charge in [0.05, 0.1) is 11.4 Å². The standard InChI is InChI=1S/C19H26N4O3S/c1-2-3-15-27(25,26)22-13-9-16(10-14-22)19(24)21-17-5-7-18(8-6-17)23-12-4-11-20-23/h4-8,11-12,16H,2-3,9-10,13-15H2,1H3,(H,21,24). The van der Waals surface area contributed by atoms with Gasteiger partial charge in [0, 0.05) is 37.1 Å². The average Bonchev–Trinajstić information content (AvgIpc) is 3.22. The van der Waals surface area contributed by atoms with Crippen molar-refractivity contribution in [3.8, 4) is 5.69 Å². The number of rotatable bonds is 7. The molecule has 0 atom stereocenters. The summed E-state index contributed by atoms with van der Waals surface area (Å²) in [4.78, 5) is 12.5. The molecule has 1 saturated heterocycles. The lowest BCUT2D eigenvalue weighted by Gasteiger charge is -2.30. The minimum atomic E-state index is -3.19. The molecule has 2 aromatic rings. The molecule has 0 radical (unpaired) electrons. The first-order valence-electron chi connectivity index (χ1n) is 9.38. The maximum Gasteiger partial charge on any atom is 0.227 e. The Morgan fingerprint density at radius 2 is 1.93 bits per heavy atom. The summed E-state index contributed by atoms with van der Waals surface area (Å²) in [6, 6.07) is 9.33. The number of sulfonamides is 1. The highest BCUT2D eigenvalue weighted by Crippen LogP contribution is 2.22. The molecule has 8 heteroatoms. The highest BCUT2D eigenvalue weighted by Gasteiger charge is 2.30. The number of aromatic nitrogens is 2. The molecule has 1 aliphatic heterocycles. The van der Waals surface area contributed by atoms with Gasteiger partial charge in [-0.1, -0.05) is 13.3 Å². The van der Waals surface area contributed by atoms with E-state index in [0.29, 0.717) is 32.4 Å². The van der Waals surface area contributed by atoms with Gasteiger partial charge in [-0.3, -0.25) is 4.79 Å². The Labute approximate surface area is 160 Å². The highest BCUT2D eigenvalue weighted by molar-refractivity contribution is 7.89. The molecule has 1 aromatic heterocycles. The zero-order chi connectivity index (χ0) is 19.3. The van der Waals surface area contributed by atoms with Crippen LogP contribution in [0.4, 0.5) is 5.69 Å². The Bertz CT molecular complexity index is 840. The van der Waals surface area contributed by atoms with Crippen LogP contribution in [0.15, 0.2) is 42.7 Å². The molecular weight excluding hydrogens is 364 g/mol. The van der Waals surface area contributed by atoms with Gasteiger partial charge in [0.25, 0.3) is 0 Å². The number of unbranched alkanes of at least 4 members (excludes halogenated alkanes) is 1. The smallest absolute Gasteiger partial charge is 0.227 e. The average molecular weight is 391 g/mol. The summed E-state index contributed by atoms with van der Waals surface area (Å²) in [7, 11) is -3.19. The second-order valence-electron chi connectivity index (χ2n) is 6.83. The molecule has 2 heterocycles. The Morgan fingerprint density at radius 1 is 1.22 bits per heavy atom. The van der Waals surface area contributed by atoms with E-state index >= 15 is 0 Å². The van der Waals surface area contributed by atoms with Gasteiger partial charge in [0.15, 0.2) is 0 Å². The molecule has 3 rings (SSSR count). The molecule has 1 aliphatic rings. The van der Waals surface area contributed by atoms with Crippen LogP contribution in [0.25, 0.3) is 5.69 Å². The van der Waals surface area contributed by atoms with Crippen LogP contribution >= 0.6 is 0 Å². The zero-order valence-electron chi connectivity index (χ0n) is 15.5. The quantitative estimate of drug-likeness (QED) is 0.788. The predicted molar refractivity (Wildman–Crippen MR) is 105 cm³/mol. The lowest BCUT2D eigenvalue weighted by atomic mass is 9.97. The van der Waals surface area contributed by atoms with Gasteiger partial charge in [-0.05, 0) is 49.6 Å². The molecule has 1 aromatic carbocycles. The lowest BCUT2D eigenvalue weighted by molar-refractivity contribution is -0.120. The second kappa shape index (κ2) is 8.67. The van der Waals surface area contributed by atoms with Crippen LogP contribution in [-0.4, -0.2) is 47.3 Å². The first kappa shape index (κ1) is 19.6. The Hall–Kier alpha value is -2.19. The summed E-state index contributed by atoms with van der Waals surface area (Å²) in [5, 5.41) is 7.11. The first-order valence-corrected chi connectivity index (χ1v) is 11.0.